The van der Waals surface area contributed by atoms with Crippen molar-refractivity contribution in [1.29, 1.82) is 0 Å². The SMILES string of the molecule is Cc1ccc(-c2nc(CC(=O)NC(C)CN3CCCC(C)C3)cs2)o1. The summed E-state index contributed by atoms with van der Waals surface area (Å²) in [5.41, 5.74) is 0.797. The summed E-state index contributed by atoms with van der Waals surface area (Å²) in [4.78, 5) is 19.3. The number of thiazole rings is 1. The first-order valence-corrected chi connectivity index (χ1v) is 9.90. The summed E-state index contributed by atoms with van der Waals surface area (Å²) in [5, 5.41) is 5.86. The molecule has 2 atom stereocenters. The van der Waals surface area contributed by atoms with Crippen molar-refractivity contribution in [2.45, 2.75) is 46.1 Å². The van der Waals surface area contributed by atoms with Gasteiger partial charge in [-0.15, -0.1) is 11.3 Å². The van der Waals surface area contributed by atoms with Gasteiger partial charge in [0, 0.05) is 24.5 Å². The van der Waals surface area contributed by atoms with Crippen molar-refractivity contribution in [3.05, 3.63) is 29.0 Å². The fraction of sp³-hybridized carbons (Fsp3) is 0.579. The molecule has 2 aromatic heterocycles. The fourth-order valence-corrected chi connectivity index (χ4v) is 4.21. The highest BCUT2D eigenvalue weighted by Gasteiger charge is 2.19. The third kappa shape index (κ3) is 5.16. The zero-order valence-electron chi connectivity index (χ0n) is 15.2. The van der Waals surface area contributed by atoms with Crippen molar-refractivity contribution in [3.8, 4) is 10.8 Å². The van der Waals surface area contributed by atoms with Crippen LogP contribution in [0.2, 0.25) is 0 Å². The Bertz CT molecular complexity index is 709. The number of aryl methyl sites for hydroxylation is 1. The summed E-state index contributed by atoms with van der Waals surface area (Å²) in [7, 11) is 0. The molecule has 1 amide bonds. The largest absolute Gasteiger partial charge is 0.459 e. The zero-order valence-corrected chi connectivity index (χ0v) is 16.1. The third-order valence-electron chi connectivity index (χ3n) is 4.53. The Labute approximate surface area is 153 Å². The van der Waals surface area contributed by atoms with E-state index >= 15 is 0 Å². The lowest BCUT2D eigenvalue weighted by atomic mass is 10.00. The zero-order chi connectivity index (χ0) is 17.8. The monoisotopic (exact) mass is 361 g/mol. The molecule has 1 aliphatic heterocycles. The van der Waals surface area contributed by atoms with E-state index in [1.54, 1.807) is 0 Å². The second-order valence-corrected chi connectivity index (χ2v) is 8.06. The van der Waals surface area contributed by atoms with E-state index in [4.69, 9.17) is 4.42 Å². The number of amides is 1. The molecule has 1 aliphatic rings. The van der Waals surface area contributed by atoms with Crippen molar-refractivity contribution in [1.82, 2.24) is 15.2 Å². The standard InChI is InChI=1S/C19H27N3O2S/c1-13-5-4-8-22(10-13)11-14(2)20-18(23)9-16-12-25-19(21-16)17-7-6-15(3)24-17/h6-7,12-14H,4-5,8-11H2,1-3H3,(H,20,23). The number of rotatable bonds is 6. The quantitative estimate of drug-likeness (QED) is 0.856. The number of aromatic nitrogens is 1. The minimum atomic E-state index is 0.0324. The van der Waals surface area contributed by atoms with E-state index < -0.39 is 0 Å². The van der Waals surface area contributed by atoms with Crippen molar-refractivity contribution >= 4 is 17.2 Å². The number of carbonyl (C=O) groups excluding carboxylic acids is 1. The van der Waals surface area contributed by atoms with E-state index in [1.807, 2.05) is 24.4 Å². The Morgan fingerprint density at radius 3 is 3.08 bits per heavy atom. The van der Waals surface area contributed by atoms with Gasteiger partial charge in [-0.3, -0.25) is 4.79 Å². The minimum absolute atomic E-state index is 0.0324. The molecule has 0 aliphatic carbocycles. The molecular formula is C19H27N3O2S. The van der Waals surface area contributed by atoms with Gasteiger partial charge in [0.15, 0.2) is 10.8 Å². The number of nitrogens with one attached hydrogen (secondary N) is 1. The molecule has 1 saturated heterocycles. The molecule has 1 N–H and O–H groups in total. The molecule has 5 nitrogen and oxygen atoms in total. The van der Waals surface area contributed by atoms with E-state index in [1.165, 1.54) is 24.2 Å². The summed E-state index contributed by atoms with van der Waals surface area (Å²) in [6.07, 6.45) is 2.89. The number of hydrogen-bond donors (Lipinski definition) is 1. The van der Waals surface area contributed by atoms with Crippen molar-refractivity contribution < 1.29 is 9.21 Å². The smallest absolute Gasteiger partial charge is 0.226 e. The number of furan rings is 1. The molecule has 6 heteroatoms. The molecule has 2 aromatic rings. The van der Waals surface area contributed by atoms with Gasteiger partial charge >= 0.3 is 0 Å². The summed E-state index contributed by atoms with van der Waals surface area (Å²) in [6.45, 7) is 9.49. The van der Waals surface area contributed by atoms with Crippen molar-refractivity contribution in [3.63, 3.8) is 0 Å². The fourth-order valence-electron chi connectivity index (χ4n) is 3.43. The van der Waals surface area contributed by atoms with Crippen LogP contribution in [-0.4, -0.2) is 41.5 Å². The Balaban J connectivity index is 1.48. The number of nitrogens with zero attached hydrogens (tertiary/aromatic N) is 2. The van der Waals surface area contributed by atoms with E-state index in [0.717, 1.165) is 47.8 Å². The summed E-state index contributed by atoms with van der Waals surface area (Å²) in [6, 6.07) is 4.00. The molecule has 0 aromatic carbocycles. The predicted molar refractivity (Wildman–Crippen MR) is 101 cm³/mol. The first-order chi connectivity index (χ1) is 12.0. The first kappa shape index (κ1) is 18.1. The normalized spacial score (nSPS) is 19.7. The van der Waals surface area contributed by atoms with Gasteiger partial charge in [-0.1, -0.05) is 6.92 Å². The maximum absolute atomic E-state index is 12.3. The average Bonchev–Trinajstić information content (AvgIpc) is 3.16. The van der Waals surface area contributed by atoms with Crippen LogP contribution in [0, 0.1) is 12.8 Å². The minimum Gasteiger partial charge on any atom is -0.459 e. The van der Waals surface area contributed by atoms with Crippen LogP contribution in [0.25, 0.3) is 10.8 Å². The number of carbonyl (C=O) groups is 1. The lowest BCUT2D eigenvalue weighted by Crippen LogP contribution is -2.45. The molecule has 0 saturated carbocycles. The van der Waals surface area contributed by atoms with Crippen molar-refractivity contribution in [2.24, 2.45) is 5.92 Å². The van der Waals surface area contributed by atoms with Crippen LogP contribution in [0.15, 0.2) is 21.9 Å². The molecule has 2 unspecified atom stereocenters. The van der Waals surface area contributed by atoms with E-state index in [9.17, 15) is 4.79 Å². The van der Waals surface area contributed by atoms with E-state index in [-0.39, 0.29) is 11.9 Å². The van der Waals surface area contributed by atoms with Crippen LogP contribution in [0.3, 0.4) is 0 Å². The molecular weight excluding hydrogens is 334 g/mol. The highest BCUT2D eigenvalue weighted by atomic mass is 32.1. The number of hydrogen-bond acceptors (Lipinski definition) is 5. The predicted octanol–water partition coefficient (Wildman–Crippen LogP) is 3.49. The summed E-state index contributed by atoms with van der Waals surface area (Å²) < 4.78 is 5.59. The van der Waals surface area contributed by atoms with Gasteiger partial charge in [0.05, 0.1) is 12.1 Å². The molecule has 0 spiro atoms. The van der Waals surface area contributed by atoms with Crippen LogP contribution < -0.4 is 5.32 Å². The molecule has 0 radical (unpaired) electrons. The van der Waals surface area contributed by atoms with E-state index in [2.05, 4.69) is 29.0 Å². The molecule has 25 heavy (non-hydrogen) atoms. The molecule has 3 rings (SSSR count). The van der Waals surface area contributed by atoms with Crippen LogP contribution in [-0.2, 0) is 11.2 Å². The second kappa shape index (κ2) is 8.15. The Hall–Kier alpha value is -1.66. The van der Waals surface area contributed by atoms with Gasteiger partial charge in [-0.05, 0) is 51.3 Å². The van der Waals surface area contributed by atoms with Gasteiger partial charge in [-0.2, -0.15) is 0 Å². The third-order valence-corrected chi connectivity index (χ3v) is 5.43. The molecule has 1 fully saturated rings. The highest BCUT2D eigenvalue weighted by molar-refractivity contribution is 7.13. The Morgan fingerprint density at radius 2 is 2.36 bits per heavy atom. The Morgan fingerprint density at radius 1 is 1.52 bits per heavy atom. The maximum Gasteiger partial charge on any atom is 0.226 e. The van der Waals surface area contributed by atoms with E-state index in [0.29, 0.717) is 6.42 Å². The lowest BCUT2D eigenvalue weighted by Gasteiger charge is -2.32. The van der Waals surface area contributed by atoms with Crippen LogP contribution in [0.5, 0.6) is 0 Å². The van der Waals surface area contributed by atoms with Gasteiger partial charge in [0.25, 0.3) is 0 Å². The number of piperidine rings is 1. The van der Waals surface area contributed by atoms with Crippen LogP contribution >= 0.6 is 11.3 Å². The second-order valence-electron chi connectivity index (χ2n) is 7.21. The number of likely N-dealkylation sites (tertiary alicyclic amines) is 1. The lowest BCUT2D eigenvalue weighted by molar-refractivity contribution is -0.121. The highest BCUT2D eigenvalue weighted by Crippen LogP contribution is 2.25. The van der Waals surface area contributed by atoms with Crippen molar-refractivity contribution in [2.75, 3.05) is 19.6 Å². The summed E-state index contributed by atoms with van der Waals surface area (Å²) >= 11 is 1.51. The maximum atomic E-state index is 12.3. The molecule has 136 valence electrons. The topological polar surface area (TPSA) is 58.4 Å². The first-order valence-electron chi connectivity index (χ1n) is 9.02. The average molecular weight is 362 g/mol. The van der Waals surface area contributed by atoms with Gasteiger partial charge in [0.1, 0.15) is 5.76 Å². The van der Waals surface area contributed by atoms with Gasteiger partial charge < -0.3 is 14.6 Å². The van der Waals surface area contributed by atoms with Crippen LogP contribution in [0.1, 0.15) is 38.1 Å². The Kier molecular flexibility index (Phi) is 5.91. The summed E-state index contributed by atoms with van der Waals surface area (Å²) in [5.74, 6) is 2.42. The van der Waals surface area contributed by atoms with Gasteiger partial charge in [-0.25, -0.2) is 4.98 Å². The molecule has 0 bridgehead atoms. The van der Waals surface area contributed by atoms with Gasteiger partial charge in [0.2, 0.25) is 5.91 Å². The van der Waals surface area contributed by atoms with Crippen LogP contribution in [0.4, 0.5) is 0 Å². The molecule has 3 heterocycles.